The second-order valence-electron chi connectivity index (χ2n) is 1.55. The molecule has 0 aliphatic heterocycles. The smallest absolute Gasteiger partial charge is 0.0669 e. The zero-order valence-corrected chi connectivity index (χ0v) is 5.87. The van der Waals surface area contributed by atoms with Crippen molar-refractivity contribution in [2.24, 2.45) is 5.73 Å². The molecule has 0 amide bonds. The molecule has 46 valence electrons. The maximum Gasteiger partial charge on any atom is 0.0669 e. The van der Waals surface area contributed by atoms with E-state index in [1.54, 1.807) is 11.8 Å². The molecule has 0 fully saturated rings. The molecule has 8 heavy (non-hydrogen) atoms. The zero-order chi connectivity index (χ0) is 6.41. The third kappa shape index (κ3) is 4.04. The molecule has 0 saturated carbocycles. The average molecular weight is 129 g/mol. The van der Waals surface area contributed by atoms with Crippen LogP contribution >= 0.6 is 11.8 Å². The topological polar surface area (TPSA) is 26.0 Å². The Morgan fingerprint density at radius 1 is 1.88 bits per heavy atom. The van der Waals surface area contributed by atoms with Gasteiger partial charge in [-0.05, 0) is 18.4 Å². The lowest BCUT2D eigenvalue weighted by molar-refractivity contribution is 0.816. The van der Waals surface area contributed by atoms with Gasteiger partial charge in [0.2, 0.25) is 0 Å². The normalized spacial score (nSPS) is 12.6. The van der Waals surface area contributed by atoms with E-state index in [1.165, 1.54) is 0 Å². The van der Waals surface area contributed by atoms with E-state index in [0.29, 0.717) is 0 Å². The molecule has 1 nitrogen and oxygen atoms in total. The highest BCUT2D eigenvalue weighted by atomic mass is 32.2. The molecule has 0 aromatic rings. The molecule has 0 aromatic heterocycles. The molecule has 1 atom stereocenters. The minimum absolute atomic E-state index is 0.0394. The molecule has 0 rings (SSSR count). The van der Waals surface area contributed by atoms with Crippen LogP contribution in [0.1, 0.15) is 6.42 Å². The second-order valence-corrected chi connectivity index (χ2v) is 2.54. The molecule has 2 N–H and O–H groups in total. The van der Waals surface area contributed by atoms with Crippen LogP contribution in [0.3, 0.4) is 0 Å². The van der Waals surface area contributed by atoms with Gasteiger partial charge in [-0.15, -0.1) is 6.42 Å². The first-order valence-electron chi connectivity index (χ1n) is 2.52. The maximum absolute atomic E-state index is 5.41. The van der Waals surface area contributed by atoms with E-state index < -0.39 is 0 Å². The summed E-state index contributed by atoms with van der Waals surface area (Å²) in [5, 5.41) is 0. The molecule has 0 aliphatic carbocycles. The Morgan fingerprint density at radius 3 is 2.88 bits per heavy atom. The maximum atomic E-state index is 5.41. The molecule has 1 unspecified atom stereocenters. The van der Waals surface area contributed by atoms with Gasteiger partial charge in [0, 0.05) is 0 Å². The molecule has 0 aliphatic rings. The molecular weight excluding hydrogens is 118 g/mol. The summed E-state index contributed by atoms with van der Waals surface area (Å²) >= 11 is 1.77. The monoisotopic (exact) mass is 129 g/mol. The van der Waals surface area contributed by atoms with E-state index in [2.05, 4.69) is 5.92 Å². The van der Waals surface area contributed by atoms with Gasteiger partial charge in [0.15, 0.2) is 0 Å². The largest absolute Gasteiger partial charge is 0.318 e. The third-order valence-corrected chi connectivity index (χ3v) is 1.49. The predicted octanol–water partition coefficient (Wildman–Crippen LogP) is 0.700. The Balaban J connectivity index is 3.02. The lowest BCUT2D eigenvalue weighted by atomic mass is 10.3. The van der Waals surface area contributed by atoms with Crippen LogP contribution in [-0.4, -0.2) is 18.1 Å². The van der Waals surface area contributed by atoms with E-state index in [-0.39, 0.29) is 6.04 Å². The first kappa shape index (κ1) is 7.87. The lowest BCUT2D eigenvalue weighted by Crippen LogP contribution is -2.17. The minimum Gasteiger partial charge on any atom is -0.318 e. The van der Waals surface area contributed by atoms with Crippen LogP contribution in [0, 0.1) is 12.3 Å². The minimum atomic E-state index is -0.0394. The van der Waals surface area contributed by atoms with E-state index in [1.807, 2.05) is 6.26 Å². The van der Waals surface area contributed by atoms with Crippen molar-refractivity contribution in [2.75, 3.05) is 12.0 Å². The summed E-state index contributed by atoms with van der Waals surface area (Å²) in [5.41, 5.74) is 5.41. The second kappa shape index (κ2) is 5.02. The highest BCUT2D eigenvalue weighted by Crippen LogP contribution is 1.96. The van der Waals surface area contributed by atoms with E-state index in [9.17, 15) is 0 Å². The first-order valence-corrected chi connectivity index (χ1v) is 3.91. The summed E-state index contributed by atoms with van der Waals surface area (Å²) in [6.45, 7) is 0. The highest BCUT2D eigenvalue weighted by Gasteiger charge is 1.92. The number of terminal acetylenes is 1. The number of nitrogens with two attached hydrogens (primary N) is 1. The molecule has 0 heterocycles. The summed E-state index contributed by atoms with van der Waals surface area (Å²) in [5.74, 6) is 3.53. The van der Waals surface area contributed by atoms with Crippen molar-refractivity contribution in [3.05, 3.63) is 0 Å². The van der Waals surface area contributed by atoms with Crippen LogP contribution in [0.2, 0.25) is 0 Å². The molecule has 0 radical (unpaired) electrons. The average Bonchev–Trinajstić information content (AvgIpc) is 1.83. The summed E-state index contributed by atoms with van der Waals surface area (Å²) in [6.07, 6.45) is 8.00. The first-order chi connectivity index (χ1) is 3.81. The Bertz CT molecular complexity index is 85.0. The van der Waals surface area contributed by atoms with E-state index in [4.69, 9.17) is 12.2 Å². The number of hydrogen-bond donors (Lipinski definition) is 1. The molecule has 0 bridgehead atoms. The van der Waals surface area contributed by atoms with Crippen molar-refractivity contribution in [2.45, 2.75) is 12.5 Å². The number of hydrogen-bond acceptors (Lipinski definition) is 2. The van der Waals surface area contributed by atoms with Gasteiger partial charge in [-0.25, -0.2) is 0 Å². The van der Waals surface area contributed by atoms with E-state index >= 15 is 0 Å². The Kier molecular flexibility index (Phi) is 4.93. The fraction of sp³-hybridized carbons (Fsp3) is 0.667. The van der Waals surface area contributed by atoms with Gasteiger partial charge >= 0.3 is 0 Å². The third-order valence-electron chi connectivity index (χ3n) is 0.847. The van der Waals surface area contributed by atoms with Gasteiger partial charge in [0.1, 0.15) is 0 Å². The molecule has 0 aromatic carbocycles. The number of thioether (sulfide) groups is 1. The van der Waals surface area contributed by atoms with Crippen LogP contribution in [-0.2, 0) is 0 Å². The van der Waals surface area contributed by atoms with Crippen LogP contribution < -0.4 is 5.73 Å². The Morgan fingerprint density at radius 2 is 2.50 bits per heavy atom. The fourth-order valence-electron chi connectivity index (χ4n) is 0.328. The number of rotatable bonds is 3. The Hall–Kier alpha value is -0.130. The molecular formula is C6H11NS. The summed E-state index contributed by atoms with van der Waals surface area (Å²) in [6, 6.07) is -0.0394. The quantitative estimate of drug-likeness (QED) is 0.568. The fourth-order valence-corrected chi connectivity index (χ4v) is 0.818. The zero-order valence-electron chi connectivity index (χ0n) is 5.05. The molecule has 0 saturated heterocycles. The van der Waals surface area contributed by atoms with Crippen LogP contribution in [0.15, 0.2) is 0 Å². The van der Waals surface area contributed by atoms with Crippen LogP contribution in [0.4, 0.5) is 0 Å². The highest BCUT2D eigenvalue weighted by molar-refractivity contribution is 7.98. The van der Waals surface area contributed by atoms with Gasteiger partial charge in [0.25, 0.3) is 0 Å². The molecule has 2 heteroatoms. The lowest BCUT2D eigenvalue weighted by Gasteiger charge is -1.98. The van der Waals surface area contributed by atoms with Crippen molar-refractivity contribution in [3.8, 4) is 12.3 Å². The van der Waals surface area contributed by atoms with Crippen LogP contribution in [0.5, 0.6) is 0 Å². The van der Waals surface area contributed by atoms with Gasteiger partial charge in [-0.2, -0.15) is 11.8 Å². The van der Waals surface area contributed by atoms with Crippen molar-refractivity contribution in [1.82, 2.24) is 0 Å². The van der Waals surface area contributed by atoms with Gasteiger partial charge in [0.05, 0.1) is 6.04 Å². The van der Waals surface area contributed by atoms with Crippen molar-refractivity contribution < 1.29 is 0 Å². The van der Waals surface area contributed by atoms with Crippen LogP contribution in [0.25, 0.3) is 0 Å². The van der Waals surface area contributed by atoms with Crippen molar-refractivity contribution in [1.29, 1.82) is 0 Å². The van der Waals surface area contributed by atoms with Crippen molar-refractivity contribution >= 4 is 11.8 Å². The van der Waals surface area contributed by atoms with E-state index in [0.717, 1.165) is 12.2 Å². The summed E-state index contributed by atoms with van der Waals surface area (Å²) in [7, 11) is 0. The summed E-state index contributed by atoms with van der Waals surface area (Å²) in [4.78, 5) is 0. The van der Waals surface area contributed by atoms with Gasteiger partial charge in [-0.1, -0.05) is 5.92 Å². The van der Waals surface area contributed by atoms with Gasteiger partial charge in [-0.3, -0.25) is 0 Å². The standard InChI is InChI=1S/C6H11NS/c1-3-6(7)4-5-8-2/h1,6H,4-5,7H2,2H3. The Labute approximate surface area is 55.0 Å². The van der Waals surface area contributed by atoms with Gasteiger partial charge < -0.3 is 5.73 Å². The molecule has 0 spiro atoms. The predicted molar refractivity (Wildman–Crippen MR) is 39.8 cm³/mol. The SMILES string of the molecule is C#CC(N)CCSC. The van der Waals surface area contributed by atoms with Crippen molar-refractivity contribution in [3.63, 3.8) is 0 Å². The summed E-state index contributed by atoms with van der Waals surface area (Å²) < 4.78 is 0.